The van der Waals surface area contributed by atoms with Gasteiger partial charge in [-0.05, 0) is 39.3 Å². The van der Waals surface area contributed by atoms with Crippen LogP contribution in [0, 0.1) is 11.3 Å². The molecule has 2 nitrogen and oxygen atoms in total. The van der Waals surface area contributed by atoms with E-state index >= 15 is 0 Å². The first-order chi connectivity index (χ1) is 5.34. The van der Waals surface area contributed by atoms with Crippen molar-refractivity contribution in [2.24, 2.45) is 0 Å². The van der Waals surface area contributed by atoms with Gasteiger partial charge in [-0.1, -0.05) is 0 Å². The summed E-state index contributed by atoms with van der Waals surface area (Å²) < 4.78 is 0. The van der Waals surface area contributed by atoms with Crippen molar-refractivity contribution >= 4 is 0 Å². The van der Waals surface area contributed by atoms with Crippen molar-refractivity contribution in [1.29, 1.82) is 5.26 Å². The summed E-state index contributed by atoms with van der Waals surface area (Å²) in [6, 6.07) is 3.04. The fourth-order valence-electron chi connectivity index (χ4n) is 1.26. The first kappa shape index (κ1) is 8.55. The quantitative estimate of drug-likeness (QED) is 0.561. The number of hydrogen-bond donors (Lipinski definition) is 0. The summed E-state index contributed by atoms with van der Waals surface area (Å²) in [5, 5.41) is 8.29. The minimum absolute atomic E-state index is 0.721. The first-order valence-electron chi connectivity index (χ1n) is 4.42. The zero-order valence-corrected chi connectivity index (χ0v) is 7.21. The summed E-state index contributed by atoms with van der Waals surface area (Å²) in [6.07, 6.45) is 5.73. The number of unbranched alkanes of at least 4 members (excludes halogenated alkanes) is 2. The Morgan fingerprint density at radius 1 is 1.45 bits per heavy atom. The molecule has 0 amide bonds. The van der Waals surface area contributed by atoms with E-state index in [1.165, 1.54) is 25.8 Å². The zero-order chi connectivity index (χ0) is 8.10. The lowest BCUT2D eigenvalue weighted by atomic mass is 10.2. The molecule has 1 saturated carbocycles. The predicted octanol–water partition coefficient (Wildman–Crippen LogP) is 1.77. The largest absolute Gasteiger partial charge is 0.303 e. The Morgan fingerprint density at radius 3 is 2.73 bits per heavy atom. The molecule has 0 aromatic carbocycles. The SMILES string of the molecule is CN(CCCCC#N)C1CC1. The molecular weight excluding hydrogens is 136 g/mol. The Morgan fingerprint density at radius 2 is 2.18 bits per heavy atom. The highest BCUT2D eigenvalue weighted by molar-refractivity contribution is 4.82. The second-order valence-corrected chi connectivity index (χ2v) is 3.33. The van der Waals surface area contributed by atoms with Crippen molar-refractivity contribution in [3.63, 3.8) is 0 Å². The van der Waals surface area contributed by atoms with Crippen LogP contribution in [-0.2, 0) is 0 Å². The van der Waals surface area contributed by atoms with Gasteiger partial charge in [0.2, 0.25) is 0 Å². The highest BCUT2D eigenvalue weighted by atomic mass is 15.1. The molecular formula is C9H16N2. The molecule has 62 valence electrons. The Balaban J connectivity index is 1.90. The van der Waals surface area contributed by atoms with Crippen molar-refractivity contribution in [3.05, 3.63) is 0 Å². The van der Waals surface area contributed by atoms with Gasteiger partial charge in [0.25, 0.3) is 0 Å². The van der Waals surface area contributed by atoms with Gasteiger partial charge in [0.05, 0.1) is 6.07 Å². The van der Waals surface area contributed by atoms with Crippen LogP contribution < -0.4 is 0 Å². The van der Waals surface area contributed by atoms with Gasteiger partial charge < -0.3 is 4.90 Å². The highest BCUT2D eigenvalue weighted by Crippen LogP contribution is 2.25. The van der Waals surface area contributed by atoms with Crippen LogP contribution in [0.5, 0.6) is 0 Å². The van der Waals surface area contributed by atoms with Crippen molar-refractivity contribution in [2.75, 3.05) is 13.6 Å². The molecule has 2 heteroatoms. The Hall–Kier alpha value is -0.550. The van der Waals surface area contributed by atoms with Crippen LogP contribution in [0.1, 0.15) is 32.1 Å². The van der Waals surface area contributed by atoms with Crippen LogP contribution in [0.4, 0.5) is 0 Å². The van der Waals surface area contributed by atoms with E-state index in [-0.39, 0.29) is 0 Å². The zero-order valence-electron chi connectivity index (χ0n) is 7.21. The molecule has 0 saturated heterocycles. The summed E-state index contributed by atoms with van der Waals surface area (Å²) in [4.78, 5) is 2.41. The molecule has 0 spiro atoms. The second-order valence-electron chi connectivity index (χ2n) is 3.33. The second kappa shape index (κ2) is 4.35. The fourth-order valence-corrected chi connectivity index (χ4v) is 1.26. The average Bonchev–Trinajstić information content (AvgIpc) is 2.79. The highest BCUT2D eigenvalue weighted by Gasteiger charge is 2.25. The number of nitriles is 1. The summed E-state index contributed by atoms with van der Waals surface area (Å²) in [5.74, 6) is 0. The maximum absolute atomic E-state index is 8.29. The lowest BCUT2D eigenvalue weighted by molar-refractivity contribution is 0.317. The van der Waals surface area contributed by atoms with E-state index in [1.54, 1.807) is 0 Å². The fraction of sp³-hybridized carbons (Fsp3) is 0.889. The number of rotatable bonds is 5. The van der Waals surface area contributed by atoms with Gasteiger partial charge in [0, 0.05) is 12.5 Å². The molecule has 0 N–H and O–H groups in total. The van der Waals surface area contributed by atoms with Gasteiger partial charge in [0.15, 0.2) is 0 Å². The maximum atomic E-state index is 8.29. The van der Waals surface area contributed by atoms with E-state index in [1.807, 2.05) is 0 Å². The average molecular weight is 152 g/mol. The maximum Gasteiger partial charge on any atom is 0.0621 e. The first-order valence-corrected chi connectivity index (χ1v) is 4.42. The third-order valence-electron chi connectivity index (χ3n) is 2.22. The minimum atomic E-state index is 0.721. The Kier molecular flexibility index (Phi) is 3.38. The summed E-state index contributed by atoms with van der Waals surface area (Å²) in [7, 11) is 2.18. The van der Waals surface area contributed by atoms with E-state index in [0.29, 0.717) is 0 Å². The smallest absolute Gasteiger partial charge is 0.0621 e. The third kappa shape index (κ3) is 3.38. The molecule has 0 aromatic heterocycles. The van der Waals surface area contributed by atoms with Gasteiger partial charge in [-0.25, -0.2) is 0 Å². The number of hydrogen-bond acceptors (Lipinski definition) is 2. The van der Waals surface area contributed by atoms with Gasteiger partial charge in [-0.15, -0.1) is 0 Å². The van der Waals surface area contributed by atoms with Gasteiger partial charge in [-0.2, -0.15) is 5.26 Å². The Labute approximate surface area is 68.8 Å². The third-order valence-corrected chi connectivity index (χ3v) is 2.22. The van der Waals surface area contributed by atoms with Crippen molar-refractivity contribution < 1.29 is 0 Å². The van der Waals surface area contributed by atoms with Gasteiger partial charge >= 0.3 is 0 Å². The molecule has 0 aromatic rings. The summed E-state index contributed by atoms with van der Waals surface area (Å²) in [5.41, 5.74) is 0. The molecule has 0 heterocycles. The van der Waals surface area contributed by atoms with Crippen LogP contribution in [0.2, 0.25) is 0 Å². The van der Waals surface area contributed by atoms with Crippen LogP contribution in [0.25, 0.3) is 0 Å². The minimum Gasteiger partial charge on any atom is -0.303 e. The molecule has 0 radical (unpaired) electrons. The molecule has 1 aliphatic carbocycles. The van der Waals surface area contributed by atoms with Gasteiger partial charge in [-0.3, -0.25) is 0 Å². The molecule has 0 atom stereocenters. The van der Waals surface area contributed by atoms with Crippen LogP contribution in [-0.4, -0.2) is 24.5 Å². The molecule has 0 unspecified atom stereocenters. The summed E-state index contributed by atoms with van der Waals surface area (Å²) >= 11 is 0. The molecule has 1 aliphatic rings. The van der Waals surface area contributed by atoms with E-state index in [2.05, 4.69) is 18.0 Å². The van der Waals surface area contributed by atoms with Crippen LogP contribution in [0.15, 0.2) is 0 Å². The van der Waals surface area contributed by atoms with Crippen molar-refractivity contribution in [3.8, 4) is 6.07 Å². The number of nitrogens with zero attached hydrogens (tertiary/aromatic N) is 2. The van der Waals surface area contributed by atoms with E-state index in [0.717, 1.165) is 18.9 Å². The molecule has 0 aliphatic heterocycles. The predicted molar refractivity (Wildman–Crippen MR) is 45.1 cm³/mol. The molecule has 1 rings (SSSR count). The Bertz CT molecular complexity index is 144. The molecule has 0 bridgehead atoms. The van der Waals surface area contributed by atoms with Gasteiger partial charge in [0.1, 0.15) is 0 Å². The standard InChI is InChI=1S/C9H16N2/c1-11(9-5-6-9)8-4-2-3-7-10/h9H,2-6,8H2,1H3. The lowest BCUT2D eigenvalue weighted by Crippen LogP contribution is -2.21. The van der Waals surface area contributed by atoms with E-state index in [4.69, 9.17) is 5.26 Å². The summed E-state index contributed by atoms with van der Waals surface area (Å²) in [6.45, 7) is 1.17. The molecule has 11 heavy (non-hydrogen) atoms. The monoisotopic (exact) mass is 152 g/mol. The lowest BCUT2D eigenvalue weighted by Gasteiger charge is -2.14. The van der Waals surface area contributed by atoms with Crippen LogP contribution >= 0.6 is 0 Å². The van der Waals surface area contributed by atoms with Crippen LogP contribution in [0.3, 0.4) is 0 Å². The topological polar surface area (TPSA) is 27.0 Å². The van der Waals surface area contributed by atoms with Crippen molar-refractivity contribution in [1.82, 2.24) is 4.90 Å². The van der Waals surface area contributed by atoms with E-state index in [9.17, 15) is 0 Å². The normalized spacial score (nSPS) is 16.8. The van der Waals surface area contributed by atoms with E-state index < -0.39 is 0 Å². The molecule has 1 fully saturated rings. The van der Waals surface area contributed by atoms with Crippen molar-refractivity contribution in [2.45, 2.75) is 38.1 Å².